The van der Waals surface area contributed by atoms with Crippen LogP contribution in [0.5, 0.6) is 0 Å². The van der Waals surface area contributed by atoms with E-state index in [1.54, 1.807) is 11.3 Å². The van der Waals surface area contributed by atoms with Gasteiger partial charge in [-0.2, -0.15) is 0 Å². The Morgan fingerprint density at radius 1 is 1.44 bits per heavy atom. The highest BCUT2D eigenvalue weighted by atomic mass is 32.1. The lowest BCUT2D eigenvalue weighted by molar-refractivity contribution is 0.0284. The van der Waals surface area contributed by atoms with E-state index in [1.807, 2.05) is 0 Å². The van der Waals surface area contributed by atoms with Gasteiger partial charge in [0, 0.05) is 23.9 Å². The van der Waals surface area contributed by atoms with Crippen molar-refractivity contribution in [3.05, 3.63) is 16.1 Å². The smallest absolute Gasteiger partial charge is 0.0954 e. The first kappa shape index (κ1) is 14.0. The maximum Gasteiger partial charge on any atom is 0.0954 e. The van der Waals surface area contributed by atoms with Gasteiger partial charge in [0.1, 0.15) is 0 Å². The molecule has 1 aromatic heterocycles. The molecule has 1 fully saturated rings. The zero-order valence-corrected chi connectivity index (χ0v) is 12.4. The lowest BCUT2D eigenvalue weighted by atomic mass is 9.91. The summed E-state index contributed by atoms with van der Waals surface area (Å²) in [6.07, 6.45) is 4.30. The minimum absolute atomic E-state index is 0.160. The number of aromatic nitrogens is 1. The minimum Gasteiger partial charge on any atom is -0.391 e. The lowest BCUT2D eigenvalue weighted by Crippen LogP contribution is -2.42. The van der Waals surface area contributed by atoms with Crippen molar-refractivity contribution in [1.82, 2.24) is 9.88 Å². The third-order valence-electron chi connectivity index (χ3n) is 3.73. The zero-order valence-electron chi connectivity index (χ0n) is 11.6. The number of aliphatic hydroxyl groups is 1. The van der Waals surface area contributed by atoms with Gasteiger partial charge in [0.15, 0.2) is 0 Å². The van der Waals surface area contributed by atoms with Gasteiger partial charge in [-0.25, -0.2) is 4.98 Å². The van der Waals surface area contributed by atoms with Crippen molar-refractivity contribution in [2.75, 3.05) is 7.05 Å². The van der Waals surface area contributed by atoms with E-state index >= 15 is 0 Å². The van der Waals surface area contributed by atoms with Gasteiger partial charge in [0.2, 0.25) is 0 Å². The predicted octanol–water partition coefficient (Wildman–Crippen LogP) is 3.00. The van der Waals surface area contributed by atoms with E-state index < -0.39 is 0 Å². The molecule has 2 unspecified atom stereocenters. The second kappa shape index (κ2) is 6.13. The van der Waals surface area contributed by atoms with E-state index in [2.05, 4.69) is 36.2 Å². The first-order valence-corrected chi connectivity index (χ1v) is 7.78. The molecule has 0 spiro atoms. The standard InChI is InChI=1S/C14H24N2OS/c1-10(2)14-15-11(9-18-14)8-16(3)12-6-4-5-7-13(12)17/h9-10,12-13,17H,4-8H2,1-3H3. The van der Waals surface area contributed by atoms with Crippen molar-refractivity contribution in [3.8, 4) is 0 Å². The van der Waals surface area contributed by atoms with Crippen molar-refractivity contribution in [2.45, 2.75) is 64.1 Å². The highest BCUT2D eigenvalue weighted by molar-refractivity contribution is 7.09. The summed E-state index contributed by atoms with van der Waals surface area (Å²) >= 11 is 1.75. The highest BCUT2D eigenvalue weighted by Gasteiger charge is 2.26. The average molecular weight is 268 g/mol. The van der Waals surface area contributed by atoms with Gasteiger partial charge >= 0.3 is 0 Å². The molecule has 0 saturated heterocycles. The molecule has 102 valence electrons. The fourth-order valence-electron chi connectivity index (χ4n) is 2.64. The number of hydrogen-bond donors (Lipinski definition) is 1. The van der Waals surface area contributed by atoms with E-state index in [0.29, 0.717) is 12.0 Å². The van der Waals surface area contributed by atoms with Crippen molar-refractivity contribution >= 4 is 11.3 Å². The lowest BCUT2D eigenvalue weighted by Gasteiger charge is -2.34. The monoisotopic (exact) mass is 268 g/mol. The maximum absolute atomic E-state index is 10.1. The summed E-state index contributed by atoms with van der Waals surface area (Å²) in [5.74, 6) is 0.509. The molecule has 18 heavy (non-hydrogen) atoms. The molecule has 0 radical (unpaired) electrons. The van der Waals surface area contributed by atoms with Crippen LogP contribution in [0.15, 0.2) is 5.38 Å². The van der Waals surface area contributed by atoms with Crippen LogP contribution < -0.4 is 0 Å². The van der Waals surface area contributed by atoms with Crippen LogP contribution in [0.2, 0.25) is 0 Å². The molecule has 4 heteroatoms. The fourth-order valence-corrected chi connectivity index (χ4v) is 3.47. The van der Waals surface area contributed by atoms with Crippen LogP contribution in [-0.4, -0.2) is 34.2 Å². The first-order chi connectivity index (χ1) is 8.58. The molecule has 0 amide bonds. The molecule has 3 nitrogen and oxygen atoms in total. The number of hydrogen-bond acceptors (Lipinski definition) is 4. The molecule has 1 aliphatic rings. The van der Waals surface area contributed by atoms with Crippen molar-refractivity contribution < 1.29 is 5.11 Å². The second-order valence-electron chi connectivity index (χ2n) is 5.67. The summed E-state index contributed by atoms with van der Waals surface area (Å²) in [7, 11) is 2.10. The Kier molecular flexibility index (Phi) is 4.76. The Hall–Kier alpha value is -0.450. The van der Waals surface area contributed by atoms with Crippen molar-refractivity contribution in [2.24, 2.45) is 0 Å². The van der Waals surface area contributed by atoms with Gasteiger partial charge in [-0.05, 0) is 19.9 Å². The highest BCUT2D eigenvalue weighted by Crippen LogP contribution is 2.25. The molecule has 1 saturated carbocycles. The molecule has 1 N–H and O–H groups in total. The van der Waals surface area contributed by atoms with E-state index in [1.165, 1.54) is 17.8 Å². The van der Waals surface area contributed by atoms with Crippen LogP contribution in [0.25, 0.3) is 0 Å². The van der Waals surface area contributed by atoms with Crippen LogP contribution in [0.4, 0.5) is 0 Å². The number of rotatable bonds is 4. The molecule has 2 atom stereocenters. The van der Waals surface area contributed by atoms with E-state index in [-0.39, 0.29) is 6.10 Å². The SMILES string of the molecule is CC(C)c1nc(CN(C)C2CCCCC2O)cs1. The number of thiazole rings is 1. The minimum atomic E-state index is -0.160. The largest absolute Gasteiger partial charge is 0.391 e. The first-order valence-electron chi connectivity index (χ1n) is 6.90. The molecule has 1 aromatic rings. The van der Waals surface area contributed by atoms with Gasteiger partial charge in [-0.3, -0.25) is 4.90 Å². The summed E-state index contributed by atoms with van der Waals surface area (Å²) in [6.45, 7) is 5.21. The average Bonchev–Trinajstić information content (AvgIpc) is 2.78. The van der Waals surface area contributed by atoms with Gasteiger partial charge in [0.05, 0.1) is 16.8 Å². The van der Waals surface area contributed by atoms with E-state index in [4.69, 9.17) is 0 Å². The molecule has 0 aliphatic heterocycles. The Morgan fingerprint density at radius 3 is 2.78 bits per heavy atom. The number of aliphatic hydroxyl groups excluding tert-OH is 1. The van der Waals surface area contributed by atoms with Gasteiger partial charge in [-0.1, -0.05) is 26.7 Å². The third-order valence-corrected chi connectivity index (χ3v) is 4.93. The molecular weight excluding hydrogens is 244 g/mol. The van der Waals surface area contributed by atoms with E-state index in [9.17, 15) is 5.11 Å². The number of likely N-dealkylation sites (N-methyl/N-ethyl adjacent to an activating group) is 1. The summed E-state index contributed by atoms with van der Waals surface area (Å²) in [4.78, 5) is 6.93. The maximum atomic E-state index is 10.1. The normalized spacial score (nSPS) is 25.0. The van der Waals surface area contributed by atoms with Crippen molar-refractivity contribution in [1.29, 1.82) is 0 Å². The number of nitrogens with zero attached hydrogens (tertiary/aromatic N) is 2. The van der Waals surface area contributed by atoms with Gasteiger partial charge in [0.25, 0.3) is 0 Å². The zero-order chi connectivity index (χ0) is 13.1. The Balaban J connectivity index is 1.95. The molecule has 1 aliphatic carbocycles. The summed E-state index contributed by atoms with van der Waals surface area (Å²) in [5, 5.41) is 13.4. The Morgan fingerprint density at radius 2 is 2.17 bits per heavy atom. The quantitative estimate of drug-likeness (QED) is 0.912. The Labute approximate surface area is 114 Å². The fraction of sp³-hybridized carbons (Fsp3) is 0.786. The second-order valence-corrected chi connectivity index (χ2v) is 6.56. The molecule has 2 rings (SSSR count). The van der Waals surface area contributed by atoms with Crippen LogP contribution in [0.3, 0.4) is 0 Å². The van der Waals surface area contributed by atoms with Crippen LogP contribution in [0, 0.1) is 0 Å². The summed E-state index contributed by atoms with van der Waals surface area (Å²) in [5.41, 5.74) is 1.14. The summed E-state index contributed by atoms with van der Waals surface area (Å²) < 4.78 is 0. The molecule has 0 bridgehead atoms. The van der Waals surface area contributed by atoms with Crippen LogP contribution in [-0.2, 0) is 6.54 Å². The van der Waals surface area contributed by atoms with Crippen molar-refractivity contribution in [3.63, 3.8) is 0 Å². The molecule has 0 aromatic carbocycles. The molecule has 1 heterocycles. The summed E-state index contributed by atoms with van der Waals surface area (Å²) in [6, 6.07) is 0.308. The topological polar surface area (TPSA) is 36.4 Å². The van der Waals surface area contributed by atoms with Gasteiger partial charge in [-0.15, -0.1) is 11.3 Å². The molecular formula is C14H24N2OS. The third kappa shape index (κ3) is 3.31. The van der Waals surface area contributed by atoms with Crippen LogP contribution in [0.1, 0.15) is 56.2 Å². The van der Waals surface area contributed by atoms with Crippen LogP contribution >= 0.6 is 11.3 Å². The van der Waals surface area contributed by atoms with Gasteiger partial charge < -0.3 is 5.11 Å². The van der Waals surface area contributed by atoms with E-state index in [0.717, 1.165) is 25.1 Å². The predicted molar refractivity (Wildman–Crippen MR) is 75.9 cm³/mol. The Bertz CT molecular complexity index is 378.